The summed E-state index contributed by atoms with van der Waals surface area (Å²) >= 11 is 17.9. The Kier molecular flexibility index (Phi) is 7.28. The molecular formula is C14H16Cl2N4O3S3. The number of nitrogens with one attached hydrogen (secondary N) is 2. The van der Waals surface area contributed by atoms with Gasteiger partial charge in [0.2, 0.25) is 20.4 Å². The topological polar surface area (TPSA) is 90.9 Å². The van der Waals surface area contributed by atoms with Crippen molar-refractivity contribution in [2.45, 2.75) is 18.4 Å². The van der Waals surface area contributed by atoms with Crippen molar-refractivity contribution in [3.63, 3.8) is 0 Å². The third-order valence-electron chi connectivity index (χ3n) is 3.45. The number of aliphatic imine (C=N–C) groups is 1. The molecule has 1 unspecified atom stereocenters. The maximum Gasteiger partial charge on any atom is 0.235 e. The Hall–Kier alpha value is -0.910. The lowest BCUT2D eigenvalue weighted by Crippen LogP contribution is -2.40. The second-order valence-corrected chi connectivity index (χ2v) is 9.44. The van der Waals surface area contributed by atoms with Crippen LogP contribution >= 0.6 is 47.4 Å². The molecule has 0 aromatic heterocycles. The molecule has 1 fully saturated rings. The summed E-state index contributed by atoms with van der Waals surface area (Å²) < 4.78 is 27.6. The van der Waals surface area contributed by atoms with Crippen LogP contribution in [0.4, 0.5) is 5.69 Å². The third kappa shape index (κ3) is 4.49. The largest absolute Gasteiger partial charge is 0.330 e. The molecule has 1 heterocycles. The fraction of sp³-hybridized carbons (Fsp3) is 0.357. The highest BCUT2D eigenvalue weighted by Crippen LogP contribution is 2.30. The van der Waals surface area contributed by atoms with Crippen molar-refractivity contribution in [1.29, 1.82) is 0 Å². The summed E-state index contributed by atoms with van der Waals surface area (Å²) in [6.07, 6.45) is 0. The first-order valence-electron chi connectivity index (χ1n) is 7.50. The van der Waals surface area contributed by atoms with E-state index in [0.29, 0.717) is 10.7 Å². The lowest BCUT2D eigenvalue weighted by molar-refractivity contribution is -0.111. The van der Waals surface area contributed by atoms with Crippen LogP contribution in [-0.2, 0) is 14.8 Å². The van der Waals surface area contributed by atoms with Crippen LogP contribution in [0.1, 0.15) is 13.8 Å². The molecule has 12 heteroatoms. The average Bonchev–Trinajstić information content (AvgIpc) is 2.94. The molecule has 1 aliphatic heterocycles. The molecular weight excluding hydrogens is 439 g/mol. The fourth-order valence-corrected chi connectivity index (χ4v) is 5.66. The van der Waals surface area contributed by atoms with Gasteiger partial charge in [-0.3, -0.25) is 4.79 Å². The van der Waals surface area contributed by atoms with Crippen molar-refractivity contribution >= 4 is 79.8 Å². The van der Waals surface area contributed by atoms with E-state index in [1.165, 1.54) is 4.31 Å². The molecule has 0 aliphatic carbocycles. The molecule has 0 spiro atoms. The monoisotopic (exact) mass is 454 g/mol. The fourth-order valence-electron chi connectivity index (χ4n) is 2.16. The second kappa shape index (κ2) is 8.85. The van der Waals surface area contributed by atoms with Crippen LogP contribution in [0, 0.1) is 0 Å². The van der Waals surface area contributed by atoms with Gasteiger partial charge >= 0.3 is 0 Å². The average molecular weight is 455 g/mol. The minimum absolute atomic E-state index is 0.0495. The minimum atomic E-state index is -3.79. The second-order valence-electron chi connectivity index (χ2n) is 5.04. The first-order chi connectivity index (χ1) is 12.2. The Morgan fingerprint density at radius 3 is 2.65 bits per heavy atom. The van der Waals surface area contributed by atoms with Crippen molar-refractivity contribution in [1.82, 2.24) is 9.03 Å². The van der Waals surface area contributed by atoms with Crippen molar-refractivity contribution in [3.8, 4) is 0 Å². The van der Waals surface area contributed by atoms with Crippen LogP contribution in [0.3, 0.4) is 0 Å². The molecule has 1 aromatic rings. The van der Waals surface area contributed by atoms with Crippen LogP contribution in [0.2, 0.25) is 10.0 Å². The Labute approximate surface area is 171 Å². The first kappa shape index (κ1) is 21.4. The summed E-state index contributed by atoms with van der Waals surface area (Å²) in [6.45, 7) is 3.98. The Morgan fingerprint density at radius 1 is 1.38 bits per heavy atom. The van der Waals surface area contributed by atoms with Gasteiger partial charge in [-0.1, -0.05) is 43.1 Å². The number of sulfonamides is 1. The van der Waals surface area contributed by atoms with Crippen LogP contribution in [0.5, 0.6) is 0 Å². The molecule has 0 amide bonds. The number of halogens is 2. The van der Waals surface area contributed by atoms with Gasteiger partial charge in [-0.25, -0.2) is 12.7 Å². The number of carbonyl (C=O) groups excluding carboxylic acids is 1. The number of amidine groups is 1. The quantitative estimate of drug-likeness (QED) is 0.521. The van der Waals surface area contributed by atoms with Gasteiger partial charge < -0.3 is 10.0 Å². The van der Waals surface area contributed by atoms with Crippen molar-refractivity contribution in [3.05, 3.63) is 28.2 Å². The van der Waals surface area contributed by atoms with E-state index in [1.807, 2.05) is 0 Å². The van der Waals surface area contributed by atoms with Crippen molar-refractivity contribution < 1.29 is 13.2 Å². The van der Waals surface area contributed by atoms with E-state index in [4.69, 9.17) is 35.4 Å². The van der Waals surface area contributed by atoms with Crippen LogP contribution in [0.15, 0.2) is 23.2 Å². The molecule has 1 atom stereocenters. The first-order valence-corrected chi connectivity index (χ1v) is 11.1. The van der Waals surface area contributed by atoms with E-state index in [0.717, 1.165) is 11.9 Å². The molecule has 2 rings (SSSR count). The smallest absolute Gasteiger partial charge is 0.235 e. The van der Waals surface area contributed by atoms with E-state index >= 15 is 0 Å². The van der Waals surface area contributed by atoms with Gasteiger partial charge in [0.25, 0.3) is 0 Å². The number of hydrogen-bond donors (Lipinski definition) is 2. The number of nitrogens with zero attached hydrogens (tertiary/aromatic N) is 2. The Morgan fingerprint density at radius 2 is 2.04 bits per heavy atom. The molecule has 1 aliphatic rings. The van der Waals surface area contributed by atoms with Gasteiger partial charge in [0.15, 0.2) is 10.9 Å². The number of carbonyl (C=O) groups is 1. The van der Waals surface area contributed by atoms with Crippen molar-refractivity contribution in [2.75, 3.05) is 18.4 Å². The zero-order valence-electron chi connectivity index (χ0n) is 13.8. The maximum absolute atomic E-state index is 12.5. The zero-order valence-corrected chi connectivity index (χ0v) is 17.8. The van der Waals surface area contributed by atoms with E-state index < -0.39 is 20.4 Å². The molecule has 0 bridgehead atoms. The number of anilines is 1. The molecule has 1 saturated heterocycles. The molecule has 0 saturated carbocycles. The highest BCUT2D eigenvalue weighted by atomic mass is 35.5. The zero-order chi connectivity index (χ0) is 19.5. The Bertz CT molecular complexity index is 857. The van der Waals surface area contributed by atoms with E-state index in [9.17, 15) is 13.2 Å². The highest BCUT2D eigenvalue weighted by Gasteiger charge is 2.44. The van der Waals surface area contributed by atoms with Gasteiger partial charge in [0, 0.05) is 13.1 Å². The summed E-state index contributed by atoms with van der Waals surface area (Å²) in [5, 5.41) is 3.31. The lowest BCUT2D eigenvalue weighted by Gasteiger charge is -2.20. The number of ketones is 1. The van der Waals surface area contributed by atoms with Crippen LogP contribution in [-0.4, -0.2) is 47.1 Å². The summed E-state index contributed by atoms with van der Waals surface area (Å²) in [4.78, 5) is 16.4. The van der Waals surface area contributed by atoms with E-state index in [-0.39, 0.29) is 29.1 Å². The number of hydrogen-bond acceptors (Lipinski definition) is 5. The van der Waals surface area contributed by atoms with Crippen LogP contribution < -0.4 is 10.0 Å². The lowest BCUT2D eigenvalue weighted by atomic mass is 10.3. The van der Waals surface area contributed by atoms with Gasteiger partial charge in [0.1, 0.15) is 0 Å². The predicted octanol–water partition coefficient (Wildman–Crippen LogP) is 2.91. The molecule has 1 aromatic carbocycles. The number of Topliss-reactive ketones (excluding diaryl/α,β-unsaturated/α-hetero) is 1. The van der Waals surface area contributed by atoms with Gasteiger partial charge in [-0.05, 0) is 36.3 Å². The molecule has 26 heavy (non-hydrogen) atoms. The predicted molar refractivity (Wildman–Crippen MR) is 111 cm³/mol. The summed E-state index contributed by atoms with van der Waals surface area (Å²) in [5.74, 6) is -0.783. The highest BCUT2D eigenvalue weighted by molar-refractivity contribution is 8.14. The van der Waals surface area contributed by atoms with Gasteiger partial charge in [-0.15, -0.1) is 0 Å². The van der Waals surface area contributed by atoms with Gasteiger partial charge in [0.05, 0.1) is 15.7 Å². The van der Waals surface area contributed by atoms with E-state index in [1.54, 1.807) is 32.0 Å². The van der Waals surface area contributed by atoms with E-state index in [2.05, 4.69) is 15.0 Å². The number of thiocarbonyl (C=S) groups is 1. The summed E-state index contributed by atoms with van der Waals surface area (Å²) in [7, 11) is -3.79. The number of benzene rings is 1. The van der Waals surface area contributed by atoms with Crippen molar-refractivity contribution in [2.24, 2.45) is 4.99 Å². The van der Waals surface area contributed by atoms with Gasteiger partial charge in [-0.2, -0.15) is 4.99 Å². The third-order valence-corrected chi connectivity index (χ3v) is 8.21. The van der Waals surface area contributed by atoms with Crippen LogP contribution in [0.25, 0.3) is 0 Å². The SMILES string of the molecule is CCN(CC)S(=O)(=O)C1SN/C(=N\C(=S)Nc2cccc(Cl)c2Cl)C1=O. The normalized spacial score (nSPS) is 19.0. The molecule has 0 radical (unpaired) electrons. The summed E-state index contributed by atoms with van der Waals surface area (Å²) in [6, 6.07) is 4.94. The molecule has 2 N–H and O–H groups in total. The maximum atomic E-state index is 12.5. The standard InChI is InChI=1S/C14H16Cl2N4O3S3/c1-3-20(4-2)26(22,23)13-11(21)12(19-25-13)18-14(24)17-9-7-5-6-8(15)10(9)16/h5-7,13H,3-4H2,1-2H3,(H2,17,18,19,24). The summed E-state index contributed by atoms with van der Waals surface area (Å²) in [5.41, 5.74) is 0.430. The molecule has 7 nitrogen and oxygen atoms in total. The Balaban J connectivity index is 2.16. The minimum Gasteiger partial charge on any atom is -0.330 e. The molecule has 142 valence electrons. The number of rotatable bonds is 5.